The van der Waals surface area contributed by atoms with E-state index in [1.165, 1.54) is 5.56 Å². The van der Waals surface area contributed by atoms with Crippen LogP contribution in [0.3, 0.4) is 0 Å². The van der Waals surface area contributed by atoms with E-state index in [1.54, 1.807) is 7.11 Å². The average Bonchev–Trinajstić information content (AvgIpc) is 2.78. The largest absolute Gasteiger partial charge is 0.497 e. The first-order chi connectivity index (χ1) is 14.7. The van der Waals surface area contributed by atoms with Crippen molar-refractivity contribution in [2.24, 2.45) is 0 Å². The van der Waals surface area contributed by atoms with E-state index in [1.807, 2.05) is 42.6 Å². The first kappa shape index (κ1) is 20.5. The number of methoxy groups -OCH3 is 1. The van der Waals surface area contributed by atoms with Gasteiger partial charge in [-0.15, -0.1) is 0 Å². The summed E-state index contributed by atoms with van der Waals surface area (Å²) in [5, 5.41) is 7.80. The maximum atomic E-state index is 6.06. The van der Waals surface area contributed by atoms with Crippen LogP contribution in [0.5, 0.6) is 5.75 Å². The van der Waals surface area contributed by atoms with Crippen LogP contribution >= 0.6 is 11.6 Å². The van der Waals surface area contributed by atoms with Gasteiger partial charge in [0, 0.05) is 41.9 Å². The molecule has 0 aliphatic carbocycles. The van der Waals surface area contributed by atoms with Crippen molar-refractivity contribution in [3.05, 3.63) is 76.9 Å². The summed E-state index contributed by atoms with van der Waals surface area (Å²) >= 11 is 6.06. The van der Waals surface area contributed by atoms with Crippen LogP contribution < -0.4 is 15.4 Å². The molecule has 0 radical (unpaired) electrons. The van der Waals surface area contributed by atoms with Gasteiger partial charge in [0.15, 0.2) is 0 Å². The van der Waals surface area contributed by atoms with E-state index in [-0.39, 0.29) is 0 Å². The summed E-state index contributed by atoms with van der Waals surface area (Å²) < 4.78 is 10.7. The van der Waals surface area contributed by atoms with E-state index in [9.17, 15) is 0 Å². The maximum absolute atomic E-state index is 6.06. The van der Waals surface area contributed by atoms with Crippen molar-refractivity contribution in [2.75, 3.05) is 31.0 Å². The van der Waals surface area contributed by atoms with Gasteiger partial charge in [-0.2, -0.15) is 0 Å². The molecule has 0 amide bonds. The third-order valence-corrected chi connectivity index (χ3v) is 5.47. The van der Waals surface area contributed by atoms with Gasteiger partial charge in [0.2, 0.25) is 0 Å². The van der Waals surface area contributed by atoms with Gasteiger partial charge in [0.05, 0.1) is 19.0 Å². The maximum Gasteiger partial charge on any atom is 0.134 e. The predicted molar refractivity (Wildman–Crippen MR) is 122 cm³/mol. The number of pyridine rings is 1. The molecular formula is C24H26ClN3O2. The summed E-state index contributed by atoms with van der Waals surface area (Å²) in [5.41, 5.74) is 4.30. The third kappa shape index (κ3) is 5.43. The highest BCUT2D eigenvalue weighted by Crippen LogP contribution is 2.27. The third-order valence-electron chi connectivity index (χ3n) is 5.22. The quantitative estimate of drug-likeness (QED) is 0.512. The molecule has 30 heavy (non-hydrogen) atoms. The van der Waals surface area contributed by atoms with Gasteiger partial charge in [-0.3, -0.25) is 0 Å². The second-order valence-electron chi connectivity index (χ2n) is 7.42. The number of ether oxygens (including phenoxy) is 2. The SMILES string of the molecule is COc1ccc(Nc2ncc(NC3CCOCC3)cc2Cc2ccc(Cl)cc2)cc1. The molecule has 6 heteroatoms. The number of rotatable bonds is 7. The highest BCUT2D eigenvalue weighted by atomic mass is 35.5. The van der Waals surface area contributed by atoms with Crippen molar-refractivity contribution < 1.29 is 9.47 Å². The molecule has 2 N–H and O–H groups in total. The van der Waals surface area contributed by atoms with Crippen molar-refractivity contribution in [1.29, 1.82) is 0 Å². The summed E-state index contributed by atoms with van der Waals surface area (Å²) in [5.74, 6) is 1.67. The molecule has 1 aliphatic rings. The number of halogens is 1. The van der Waals surface area contributed by atoms with Crippen molar-refractivity contribution in [3.63, 3.8) is 0 Å². The summed E-state index contributed by atoms with van der Waals surface area (Å²) in [7, 11) is 1.67. The minimum absolute atomic E-state index is 0.421. The van der Waals surface area contributed by atoms with Gasteiger partial charge in [-0.05, 0) is 60.9 Å². The van der Waals surface area contributed by atoms with E-state index in [0.29, 0.717) is 6.04 Å². The molecule has 0 unspecified atom stereocenters. The monoisotopic (exact) mass is 423 g/mol. The Hall–Kier alpha value is -2.76. The van der Waals surface area contributed by atoms with Crippen LogP contribution in [0, 0.1) is 0 Å². The molecule has 156 valence electrons. The predicted octanol–water partition coefficient (Wildman–Crippen LogP) is 5.67. The van der Waals surface area contributed by atoms with E-state index in [2.05, 4.69) is 28.8 Å². The summed E-state index contributed by atoms with van der Waals surface area (Å²) in [4.78, 5) is 4.73. The van der Waals surface area contributed by atoms with Crippen molar-refractivity contribution in [1.82, 2.24) is 4.98 Å². The van der Waals surface area contributed by atoms with Gasteiger partial charge in [-0.1, -0.05) is 23.7 Å². The Morgan fingerprint density at radius 2 is 1.77 bits per heavy atom. The van der Waals surface area contributed by atoms with Crippen LogP contribution in [0.4, 0.5) is 17.2 Å². The normalized spacial score (nSPS) is 14.3. The van der Waals surface area contributed by atoms with E-state index < -0.39 is 0 Å². The molecule has 1 aliphatic heterocycles. The number of hydrogen-bond acceptors (Lipinski definition) is 5. The fourth-order valence-electron chi connectivity index (χ4n) is 3.55. The molecule has 1 fully saturated rings. The standard InChI is InChI=1S/C24H26ClN3O2/c1-29-23-8-6-20(7-9-23)28-24-18(14-17-2-4-19(25)5-3-17)15-22(16-26-24)27-21-10-12-30-13-11-21/h2-9,15-16,21,27H,10-14H2,1H3,(H,26,28). The fraction of sp³-hybridized carbons (Fsp3) is 0.292. The molecular weight excluding hydrogens is 398 g/mol. The van der Waals surface area contributed by atoms with Gasteiger partial charge >= 0.3 is 0 Å². The van der Waals surface area contributed by atoms with E-state index in [4.69, 9.17) is 26.1 Å². The minimum Gasteiger partial charge on any atom is -0.497 e. The number of benzene rings is 2. The van der Waals surface area contributed by atoms with Crippen molar-refractivity contribution in [2.45, 2.75) is 25.3 Å². The van der Waals surface area contributed by atoms with Gasteiger partial charge in [-0.25, -0.2) is 4.98 Å². The lowest BCUT2D eigenvalue weighted by molar-refractivity contribution is 0.0904. The molecule has 1 aromatic heterocycles. The molecule has 4 rings (SSSR count). The van der Waals surface area contributed by atoms with Crippen LogP contribution in [0.1, 0.15) is 24.0 Å². The number of nitrogens with zero attached hydrogens (tertiary/aromatic N) is 1. The van der Waals surface area contributed by atoms with Crippen molar-refractivity contribution in [3.8, 4) is 5.75 Å². The Morgan fingerprint density at radius 3 is 2.47 bits per heavy atom. The lowest BCUT2D eigenvalue weighted by atomic mass is 10.0. The number of aromatic nitrogens is 1. The topological polar surface area (TPSA) is 55.4 Å². The zero-order chi connectivity index (χ0) is 20.8. The average molecular weight is 424 g/mol. The molecule has 5 nitrogen and oxygen atoms in total. The highest BCUT2D eigenvalue weighted by molar-refractivity contribution is 6.30. The highest BCUT2D eigenvalue weighted by Gasteiger charge is 2.15. The Labute approximate surface area is 182 Å². The lowest BCUT2D eigenvalue weighted by Crippen LogP contribution is -2.27. The van der Waals surface area contributed by atoms with Gasteiger partial charge in [0.1, 0.15) is 11.6 Å². The first-order valence-corrected chi connectivity index (χ1v) is 10.6. The zero-order valence-corrected chi connectivity index (χ0v) is 17.8. The molecule has 0 spiro atoms. The van der Waals surface area contributed by atoms with Crippen LogP contribution in [-0.2, 0) is 11.2 Å². The number of hydrogen-bond donors (Lipinski definition) is 2. The van der Waals surface area contributed by atoms with Crippen molar-refractivity contribution >= 4 is 28.8 Å². The molecule has 2 aromatic carbocycles. The molecule has 2 heterocycles. The smallest absolute Gasteiger partial charge is 0.134 e. The Bertz CT molecular complexity index is 955. The molecule has 3 aromatic rings. The van der Waals surface area contributed by atoms with Gasteiger partial charge in [0.25, 0.3) is 0 Å². The lowest BCUT2D eigenvalue weighted by Gasteiger charge is -2.24. The summed E-state index contributed by atoms with van der Waals surface area (Å²) in [6.07, 6.45) is 4.68. The van der Waals surface area contributed by atoms with E-state index >= 15 is 0 Å². The Balaban J connectivity index is 1.58. The van der Waals surface area contributed by atoms with Gasteiger partial charge < -0.3 is 20.1 Å². The second-order valence-corrected chi connectivity index (χ2v) is 7.86. The second kappa shape index (κ2) is 9.83. The Morgan fingerprint density at radius 1 is 1.03 bits per heavy atom. The first-order valence-electron chi connectivity index (χ1n) is 10.2. The van der Waals surface area contributed by atoms with E-state index in [0.717, 1.165) is 66.0 Å². The molecule has 0 saturated carbocycles. The van der Waals surface area contributed by atoms with Crippen LogP contribution in [0.2, 0.25) is 5.02 Å². The molecule has 0 atom stereocenters. The fourth-order valence-corrected chi connectivity index (χ4v) is 3.67. The number of anilines is 3. The summed E-state index contributed by atoms with van der Waals surface area (Å²) in [6.45, 7) is 1.61. The zero-order valence-electron chi connectivity index (χ0n) is 17.0. The number of nitrogens with one attached hydrogen (secondary N) is 2. The Kier molecular flexibility index (Phi) is 6.72. The summed E-state index contributed by atoms with van der Waals surface area (Å²) in [6, 6.07) is 18.4. The molecule has 1 saturated heterocycles. The van der Waals surface area contributed by atoms with Crippen LogP contribution in [0.25, 0.3) is 0 Å². The van der Waals surface area contributed by atoms with Crippen LogP contribution in [0.15, 0.2) is 60.8 Å². The minimum atomic E-state index is 0.421. The van der Waals surface area contributed by atoms with Crippen LogP contribution in [-0.4, -0.2) is 31.3 Å². The molecule has 0 bridgehead atoms.